The van der Waals surface area contributed by atoms with Crippen LogP contribution < -0.4 is 0 Å². The zero-order chi connectivity index (χ0) is 47.1. The van der Waals surface area contributed by atoms with Gasteiger partial charge < -0.3 is 37.1 Å². The van der Waals surface area contributed by atoms with Gasteiger partial charge >= 0.3 is 44.8 Å². The van der Waals surface area contributed by atoms with E-state index in [1.807, 2.05) is 18.3 Å². The SMILES string of the molecule is CCO.COS(=O)(=O)OC.CO[Si](C)(CCCS(C)(=O)=O)OC.CO[Si](C)(CCCS)OC.CO[Si](C)(CCCSC)OC.C[Si](F)(F)CCCS(C)(=O)=O.F.O.OO.[Mo]. The van der Waals surface area contributed by atoms with E-state index in [1.54, 1.807) is 49.6 Å². The van der Waals surface area contributed by atoms with Crippen molar-refractivity contribution in [2.24, 2.45) is 0 Å². The minimum Gasteiger partial charge on any atom is -0.412 e. The van der Waals surface area contributed by atoms with Crippen LogP contribution in [-0.2, 0) is 86.1 Å². The second-order valence-electron chi connectivity index (χ2n) is 12.1. The molecule has 0 spiro atoms. The van der Waals surface area contributed by atoms with E-state index in [9.17, 15) is 33.5 Å². The smallest absolute Gasteiger partial charge is 0.412 e. The van der Waals surface area contributed by atoms with Gasteiger partial charge in [-0.3, -0.25) is 31.8 Å². The Morgan fingerprint density at radius 3 is 1.03 bits per heavy atom. The first-order valence-corrected chi connectivity index (χ1v) is 34.8. The molecule has 0 amide bonds. The van der Waals surface area contributed by atoms with Gasteiger partial charge in [0.05, 0.1) is 14.2 Å². The van der Waals surface area contributed by atoms with Gasteiger partial charge in [0, 0.05) is 94.3 Å². The Morgan fingerprint density at radius 2 is 0.850 bits per heavy atom. The van der Waals surface area contributed by atoms with E-state index in [-0.39, 0.29) is 61.8 Å². The Kier molecular flexibility index (Phi) is 70.4. The molecule has 0 bridgehead atoms. The van der Waals surface area contributed by atoms with E-state index in [1.165, 1.54) is 18.4 Å². The summed E-state index contributed by atoms with van der Waals surface area (Å²) in [5, 5.41) is 19.6. The molecule has 0 heterocycles. The number of hydrogen-bond donors (Lipinski definition) is 4. The van der Waals surface area contributed by atoms with Crippen LogP contribution in [0.15, 0.2) is 0 Å². The average Bonchev–Trinajstić information content (AvgIpc) is 3.14. The van der Waals surface area contributed by atoms with Crippen LogP contribution in [0, 0.1) is 0 Å². The zero-order valence-electron chi connectivity index (χ0n) is 38.4. The normalized spacial score (nSPS) is 11.3. The topological polar surface area (TPSA) is 268 Å². The Morgan fingerprint density at radius 1 is 0.600 bits per heavy atom. The third kappa shape index (κ3) is 73.8. The Hall–Kier alpha value is 1.42. The maximum absolute atomic E-state index is 12.2. The van der Waals surface area contributed by atoms with Gasteiger partial charge in [-0.05, 0) is 101 Å². The molecule has 0 saturated heterocycles. The van der Waals surface area contributed by atoms with Crippen molar-refractivity contribution >= 4 is 88.9 Å². The Labute approximate surface area is 389 Å². The summed E-state index contributed by atoms with van der Waals surface area (Å²) in [7, 11) is -6.97. The van der Waals surface area contributed by atoms with Gasteiger partial charge in [-0.15, -0.1) is 0 Å². The summed E-state index contributed by atoms with van der Waals surface area (Å²) in [4.78, 5) is 0. The third-order valence-corrected chi connectivity index (χ3v) is 21.1. The van der Waals surface area contributed by atoms with Gasteiger partial charge in [-0.1, -0.05) is 0 Å². The molecule has 0 unspecified atom stereocenters. The minimum absolute atomic E-state index is 0. The number of sulfone groups is 2. The maximum Gasteiger partial charge on any atom is 0.422 e. The van der Waals surface area contributed by atoms with E-state index < -0.39 is 64.5 Å². The van der Waals surface area contributed by atoms with Crippen LogP contribution in [0.2, 0.25) is 50.4 Å². The molecule has 5 N–H and O–H groups in total. The van der Waals surface area contributed by atoms with Crippen LogP contribution in [-0.4, -0.2) is 186 Å². The molecule has 0 aliphatic carbocycles. The first kappa shape index (κ1) is 84.8. The molecule has 378 valence electrons. The molecule has 0 aromatic heterocycles. The van der Waals surface area contributed by atoms with Crippen molar-refractivity contribution in [3.05, 3.63) is 0 Å². The van der Waals surface area contributed by atoms with Gasteiger partial charge in [0.15, 0.2) is 0 Å². The fraction of sp³-hybridized carbons (Fsp3) is 1.00. The van der Waals surface area contributed by atoms with Crippen LogP contribution in [0.1, 0.15) is 32.6 Å². The number of hydrogen-bond acceptors (Lipinski definition) is 19. The third-order valence-electron chi connectivity index (χ3n) is 7.04. The fourth-order valence-electron chi connectivity index (χ4n) is 3.17. The quantitative estimate of drug-likeness (QED) is 0.0266. The molecular formula is C29H81F3MoO18S5Si4. The van der Waals surface area contributed by atoms with E-state index in [4.69, 9.17) is 42.2 Å². The summed E-state index contributed by atoms with van der Waals surface area (Å²) in [6.07, 6.45) is 7.41. The Bertz CT molecular complexity index is 1180. The summed E-state index contributed by atoms with van der Waals surface area (Å²) < 4.78 is 126. The molecular weight excluding hydrogens is 1060 g/mol. The van der Waals surface area contributed by atoms with Crippen LogP contribution in [0.3, 0.4) is 0 Å². The number of thiol groups is 1. The molecule has 60 heavy (non-hydrogen) atoms. The fourth-order valence-corrected chi connectivity index (χ4v) is 11.3. The maximum atomic E-state index is 12.2. The minimum atomic E-state index is -4.02. The zero-order valence-corrected chi connectivity index (χ0v) is 48.6. The molecule has 0 aromatic carbocycles. The average molecular weight is 1140 g/mol. The van der Waals surface area contributed by atoms with Crippen LogP contribution in [0.5, 0.6) is 0 Å². The van der Waals surface area contributed by atoms with Gasteiger partial charge in [-0.2, -0.15) is 32.8 Å². The molecule has 0 fully saturated rings. The van der Waals surface area contributed by atoms with Crippen molar-refractivity contribution in [3.63, 3.8) is 0 Å². The van der Waals surface area contributed by atoms with Crippen LogP contribution in [0.25, 0.3) is 0 Å². The first-order chi connectivity index (χ1) is 25.9. The molecule has 0 saturated carbocycles. The second-order valence-corrected chi connectivity index (χ2v) is 33.0. The summed E-state index contributed by atoms with van der Waals surface area (Å²) >= 11 is 6.00. The molecule has 0 aliphatic heterocycles. The molecule has 0 atom stereocenters. The van der Waals surface area contributed by atoms with E-state index in [0.717, 1.165) is 51.3 Å². The molecule has 0 aliphatic rings. The van der Waals surface area contributed by atoms with E-state index in [2.05, 4.69) is 40.3 Å². The van der Waals surface area contributed by atoms with Gasteiger partial charge in [0.25, 0.3) is 0 Å². The summed E-state index contributed by atoms with van der Waals surface area (Å²) in [5.41, 5.74) is 0. The number of thioether (sulfide) groups is 1. The van der Waals surface area contributed by atoms with Gasteiger partial charge in [0.1, 0.15) is 19.7 Å². The molecule has 18 nitrogen and oxygen atoms in total. The molecule has 0 radical (unpaired) electrons. The summed E-state index contributed by atoms with van der Waals surface area (Å²) in [6, 6.07) is 2.62. The van der Waals surface area contributed by atoms with E-state index in [0.29, 0.717) is 12.5 Å². The van der Waals surface area contributed by atoms with Crippen LogP contribution >= 0.6 is 24.4 Å². The number of aliphatic hydroxyl groups excluding tert-OH is 1. The van der Waals surface area contributed by atoms with Gasteiger partial charge in [0.2, 0.25) is 0 Å². The molecule has 0 rings (SSSR count). The van der Waals surface area contributed by atoms with Crippen molar-refractivity contribution in [1.82, 2.24) is 0 Å². The van der Waals surface area contributed by atoms with Crippen molar-refractivity contribution < 1.29 is 115 Å². The molecule has 0 aromatic rings. The van der Waals surface area contributed by atoms with Crippen molar-refractivity contribution in [2.45, 2.75) is 83.0 Å². The number of aliphatic hydroxyl groups is 1. The number of rotatable bonds is 23. The summed E-state index contributed by atoms with van der Waals surface area (Å²) in [5.74, 6) is 2.20. The predicted molar refractivity (Wildman–Crippen MR) is 247 cm³/mol. The monoisotopic (exact) mass is 1140 g/mol. The van der Waals surface area contributed by atoms with Gasteiger partial charge in [-0.25, -0.2) is 16.8 Å². The van der Waals surface area contributed by atoms with E-state index >= 15 is 0 Å². The van der Waals surface area contributed by atoms with Crippen molar-refractivity contribution in [2.75, 3.05) is 105 Å². The second kappa shape index (κ2) is 49.8. The summed E-state index contributed by atoms with van der Waals surface area (Å²) in [6.45, 7) is 8.95. The Balaban J connectivity index is -0.0000000631. The van der Waals surface area contributed by atoms with Crippen molar-refractivity contribution in [1.29, 1.82) is 0 Å². The predicted octanol–water partition coefficient (Wildman–Crippen LogP) is 4.86. The van der Waals surface area contributed by atoms with Crippen molar-refractivity contribution in [3.8, 4) is 0 Å². The first-order valence-electron chi connectivity index (χ1n) is 17.2. The standard InChI is InChI=1S/C7H18O4SSi.C7H18O2SSi.C6H16O2SSi.C5H12F2O2SSi.C2H6O4S.C2H6O.FH.Mo.H2O2.H2O/c1-10-13(4,11-2)7-5-6-12(3,8)9;1-8-11(4,9-2)7-5-6-10-3;1-7-10(3,8-2)6-4-5-9;1-10(8,9)4-3-5-11(2,6)7;1-5-7(3,4)6-2;1-2-3;;;1-2;/h5-7H2,1-4H3;5-7H2,1-4H3;9H,4-6H2,1-3H3;3-5H2,1-2H3;1-2H3;3H,2H2,1H3;1H;;1-2H;1H2. The number of halogens is 3. The van der Waals surface area contributed by atoms with Crippen LogP contribution in [0.4, 0.5) is 12.9 Å². The largest absolute Gasteiger partial charge is 0.422 e. The molecule has 31 heteroatoms.